The Morgan fingerprint density at radius 1 is 1.13 bits per heavy atom. The number of rotatable bonds is 7. The number of carbonyl (C=O) groups is 3. The summed E-state index contributed by atoms with van der Waals surface area (Å²) in [6, 6.07) is 4.95. The van der Waals surface area contributed by atoms with Crippen molar-refractivity contribution in [2.75, 3.05) is 13.9 Å². The summed E-state index contributed by atoms with van der Waals surface area (Å²) in [6.07, 6.45) is 0.828. The minimum Gasteiger partial charge on any atom is -0.468 e. The van der Waals surface area contributed by atoms with Crippen molar-refractivity contribution in [1.82, 2.24) is 0 Å². The van der Waals surface area contributed by atoms with Crippen molar-refractivity contribution in [2.45, 2.75) is 39.5 Å². The molecule has 9 heteroatoms. The highest BCUT2D eigenvalue weighted by molar-refractivity contribution is 6.42. The molecule has 162 valence electrons. The third kappa shape index (κ3) is 5.21. The molecule has 2 unspecified atom stereocenters. The van der Waals surface area contributed by atoms with Crippen LogP contribution in [0.2, 0.25) is 10.0 Å². The first-order chi connectivity index (χ1) is 14.2. The summed E-state index contributed by atoms with van der Waals surface area (Å²) >= 11 is 12.6. The van der Waals surface area contributed by atoms with Gasteiger partial charge in [-0.2, -0.15) is 0 Å². The van der Waals surface area contributed by atoms with Crippen LogP contribution in [0.5, 0.6) is 0 Å². The second kappa shape index (κ2) is 10.6. The summed E-state index contributed by atoms with van der Waals surface area (Å²) in [5, 5.41) is 0.483. The molecule has 0 fully saturated rings. The fourth-order valence-electron chi connectivity index (χ4n) is 3.33. The van der Waals surface area contributed by atoms with Crippen molar-refractivity contribution in [1.29, 1.82) is 0 Å². The monoisotopic (exact) mass is 455 g/mol. The molecule has 1 aromatic carbocycles. The van der Waals surface area contributed by atoms with E-state index in [-0.39, 0.29) is 22.0 Å². The zero-order valence-electron chi connectivity index (χ0n) is 17.2. The first-order valence-corrected chi connectivity index (χ1v) is 10.1. The second-order valence-electron chi connectivity index (χ2n) is 6.69. The molecule has 1 aliphatic rings. The SMILES string of the molecule is CCCC(=O)OCOC(=O)C1=C(C)N=C(C)C(C(=O)OC)C1c1cccc(Cl)c1Cl. The van der Waals surface area contributed by atoms with Gasteiger partial charge < -0.3 is 14.2 Å². The topological polar surface area (TPSA) is 91.3 Å². The fourth-order valence-corrected chi connectivity index (χ4v) is 3.76. The van der Waals surface area contributed by atoms with E-state index in [2.05, 4.69) is 4.99 Å². The van der Waals surface area contributed by atoms with Crippen molar-refractivity contribution in [3.05, 3.63) is 45.1 Å². The molecule has 0 bridgehead atoms. The number of hydrogen-bond donors (Lipinski definition) is 0. The van der Waals surface area contributed by atoms with Gasteiger partial charge in [0.05, 0.1) is 22.7 Å². The quantitative estimate of drug-likeness (QED) is 0.445. The highest BCUT2D eigenvalue weighted by Gasteiger charge is 2.43. The van der Waals surface area contributed by atoms with Crippen LogP contribution in [-0.2, 0) is 28.6 Å². The van der Waals surface area contributed by atoms with Crippen LogP contribution in [0, 0.1) is 5.92 Å². The van der Waals surface area contributed by atoms with Gasteiger partial charge in [-0.25, -0.2) is 4.79 Å². The van der Waals surface area contributed by atoms with Crippen LogP contribution in [-0.4, -0.2) is 37.5 Å². The van der Waals surface area contributed by atoms with Crippen LogP contribution in [0.3, 0.4) is 0 Å². The molecule has 0 spiro atoms. The van der Waals surface area contributed by atoms with Crippen molar-refractivity contribution >= 4 is 46.8 Å². The lowest BCUT2D eigenvalue weighted by molar-refractivity contribution is -0.164. The predicted octanol–water partition coefficient (Wildman–Crippen LogP) is 4.46. The zero-order chi connectivity index (χ0) is 22.4. The number of nitrogens with zero attached hydrogens (tertiary/aromatic N) is 1. The number of halogens is 2. The van der Waals surface area contributed by atoms with Crippen molar-refractivity contribution in [2.24, 2.45) is 10.9 Å². The molecule has 1 heterocycles. The summed E-state index contributed by atoms with van der Waals surface area (Å²) in [7, 11) is 1.25. The van der Waals surface area contributed by atoms with Gasteiger partial charge in [-0.1, -0.05) is 42.3 Å². The Labute approximate surface area is 185 Å². The number of hydrogen-bond acceptors (Lipinski definition) is 7. The maximum atomic E-state index is 12.9. The van der Waals surface area contributed by atoms with E-state index >= 15 is 0 Å². The molecule has 2 rings (SSSR count). The number of benzene rings is 1. The molecule has 1 aromatic rings. The number of aliphatic imine (C=N–C) groups is 1. The molecule has 0 amide bonds. The normalized spacial score (nSPS) is 18.5. The number of methoxy groups -OCH3 is 1. The average molecular weight is 456 g/mol. The molecular formula is C21H23Cl2NO6. The van der Waals surface area contributed by atoms with E-state index in [1.807, 2.05) is 6.92 Å². The van der Waals surface area contributed by atoms with Gasteiger partial charge in [-0.15, -0.1) is 0 Å². The third-order valence-corrected chi connectivity index (χ3v) is 5.52. The Kier molecular flexibility index (Phi) is 8.43. The standard InChI is InChI=1S/C21H23Cl2NO6/c1-5-7-15(25)29-10-30-21(27)17-12(3)24-11(2)16(20(26)28-4)18(17)13-8-6-9-14(22)19(13)23/h6,8-9,16,18H,5,7,10H2,1-4H3. The van der Waals surface area contributed by atoms with Crippen molar-refractivity contribution in [3.8, 4) is 0 Å². The van der Waals surface area contributed by atoms with E-state index < -0.39 is 36.5 Å². The zero-order valence-corrected chi connectivity index (χ0v) is 18.7. The Morgan fingerprint density at radius 2 is 1.83 bits per heavy atom. The Hall–Kier alpha value is -2.38. The minimum absolute atomic E-state index is 0.117. The molecule has 0 aliphatic carbocycles. The molecule has 0 N–H and O–H groups in total. The highest BCUT2D eigenvalue weighted by Crippen LogP contribution is 2.44. The van der Waals surface area contributed by atoms with Crippen LogP contribution in [0.4, 0.5) is 0 Å². The summed E-state index contributed by atoms with van der Waals surface area (Å²) in [6.45, 7) is 4.58. The Bertz CT molecular complexity index is 909. The van der Waals surface area contributed by atoms with Crippen molar-refractivity contribution < 1.29 is 28.6 Å². The molecule has 0 aromatic heterocycles. The first kappa shape index (κ1) is 23.9. The largest absolute Gasteiger partial charge is 0.468 e. The lowest BCUT2D eigenvalue weighted by Crippen LogP contribution is -2.36. The van der Waals surface area contributed by atoms with Crippen LogP contribution in [0.15, 0.2) is 34.5 Å². The summed E-state index contributed by atoms with van der Waals surface area (Å²) in [4.78, 5) is 41.4. The number of carbonyl (C=O) groups excluding carboxylic acids is 3. The van der Waals surface area contributed by atoms with Gasteiger partial charge in [-0.05, 0) is 31.9 Å². The van der Waals surface area contributed by atoms with E-state index in [9.17, 15) is 14.4 Å². The van der Waals surface area contributed by atoms with Gasteiger partial charge in [-0.3, -0.25) is 14.6 Å². The van der Waals surface area contributed by atoms with Gasteiger partial charge in [0.1, 0.15) is 5.92 Å². The van der Waals surface area contributed by atoms with Gasteiger partial charge in [0, 0.05) is 23.7 Å². The predicted molar refractivity (Wildman–Crippen MR) is 112 cm³/mol. The minimum atomic E-state index is -0.903. The molecule has 0 saturated carbocycles. The van der Waals surface area contributed by atoms with Gasteiger partial charge in [0.25, 0.3) is 0 Å². The first-order valence-electron chi connectivity index (χ1n) is 9.33. The van der Waals surface area contributed by atoms with Gasteiger partial charge in [0.2, 0.25) is 6.79 Å². The highest BCUT2D eigenvalue weighted by atomic mass is 35.5. The lowest BCUT2D eigenvalue weighted by atomic mass is 9.75. The number of ether oxygens (including phenoxy) is 3. The Morgan fingerprint density at radius 3 is 2.47 bits per heavy atom. The van der Waals surface area contributed by atoms with Gasteiger partial charge in [0.15, 0.2) is 0 Å². The van der Waals surface area contributed by atoms with E-state index in [1.165, 1.54) is 7.11 Å². The molecule has 0 saturated heterocycles. The number of esters is 3. The molecule has 2 atom stereocenters. The van der Waals surface area contributed by atoms with Crippen LogP contribution >= 0.6 is 23.2 Å². The summed E-state index contributed by atoms with van der Waals surface area (Å²) in [5.74, 6) is -3.57. The second-order valence-corrected chi connectivity index (χ2v) is 7.47. The molecule has 0 radical (unpaired) electrons. The van der Waals surface area contributed by atoms with E-state index in [1.54, 1.807) is 32.0 Å². The summed E-state index contributed by atoms with van der Waals surface area (Å²) in [5.41, 5.74) is 1.40. The Balaban J connectivity index is 2.46. The maximum absolute atomic E-state index is 12.9. The lowest BCUT2D eigenvalue weighted by Gasteiger charge is -2.31. The van der Waals surface area contributed by atoms with Crippen LogP contribution < -0.4 is 0 Å². The van der Waals surface area contributed by atoms with Gasteiger partial charge >= 0.3 is 17.9 Å². The fraction of sp³-hybridized carbons (Fsp3) is 0.429. The van der Waals surface area contributed by atoms with Crippen LogP contribution in [0.1, 0.15) is 45.1 Å². The van der Waals surface area contributed by atoms with E-state index in [0.717, 1.165) is 0 Å². The van der Waals surface area contributed by atoms with E-state index in [0.29, 0.717) is 23.4 Å². The summed E-state index contributed by atoms with van der Waals surface area (Å²) < 4.78 is 15.0. The van der Waals surface area contributed by atoms with E-state index in [4.69, 9.17) is 37.4 Å². The van der Waals surface area contributed by atoms with Crippen molar-refractivity contribution in [3.63, 3.8) is 0 Å². The molecule has 30 heavy (non-hydrogen) atoms. The number of allylic oxidation sites excluding steroid dienone is 1. The molecule has 7 nitrogen and oxygen atoms in total. The average Bonchev–Trinajstić information content (AvgIpc) is 2.69. The maximum Gasteiger partial charge on any atom is 0.339 e. The molecular weight excluding hydrogens is 433 g/mol. The third-order valence-electron chi connectivity index (χ3n) is 4.68. The molecule has 1 aliphatic heterocycles. The smallest absolute Gasteiger partial charge is 0.339 e. The van der Waals surface area contributed by atoms with Crippen LogP contribution in [0.25, 0.3) is 0 Å².